The van der Waals surface area contributed by atoms with Crippen molar-refractivity contribution in [2.75, 3.05) is 21.3 Å². The van der Waals surface area contributed by atoms with Crippen molar-refractivity contribution in [2.24, 2.45) is 0 Å². The summed E-state index contributed by atoms with van der Waals surface area (Å²) in [4.78, 5) is 0. The van der Waals surface area contributed by atoms with Crippen molar-refractivity contribution in [1.82, 2.24) is 0 Å². The predicted octanol–water partition coefficient (Wildman–Crippen LogP) is 4.09. The number of aryl methyl sites for hydroxylation is 1. The Labute approximate surface area is 136 Å². The van der Waals surface area contributed by atoms with Crippen LogP contribution >= 0.6 is 0 Å². The quantitative estimate of drug-likeness (QED) is 0.753. The Hall–Kier alpha value is -2.20. The third kappa shape index (κ3) is 2.99. The van der Waals surface area contributed by atoms with Crippen LogP contribution in [0.2, 0.25) is 0 Å². The van der Waals surface area contributed by atoms with Crippen LogP contribution in [0.4, 0.5) is 0 Å². The minimum Gasteiger partial charge on any atom is -0.493 e. The summed E-state index contributed by atoms with van der Waals surface area (Å²) in [5.41, 5.74) is 3.56. The van der Waals surface area contributed by atoms with Gasteiger partial charge in [0.05, 0.1) is 21.3 Å². The predicted molar refractivity (Wildman–Crippen MR) is 88.5 cm³/mol. The summed E-state index contributed by atoms with van der Waals surface area (Å²) in [6.45, 7) is 2.15. The van der Waals surface area contributed by atoms with E-state index in [1.165, 1.54) is 11.1 Å². The molecule has 0 aliphatic carbocycles. The van der Waals surface area contributed by atoms with Gasteiger partial charge in [-0.05, 0) is 35.2 Å². The molecule has 0 N–H and O–H groups in total. The standard InChI is InChI=1S/C19H22O4/c1-5-12-6-8-13(9-7-12)17-18(23-17)14-10-15(20-2)19(22-4)16(11-14)21-3/h6-11,17-18H,5H2,1-4H3/t17-,18+/m0/s1. The van der Waals surface area contributed by atoms with E-state index >= 15 is 0 Å². The van der Waals surface area contributed by atoms with E-state index in [2.05, 4.69) is 31.2 Å². The summed E-state index contributed by atoms with van der Waals surface area (Å²) >= 11 is 0. The lowest BCUT2D eigenvalue weighted by Crippen LogP contribution is -1.97. The van der Waals surface area contributed by atoms with Crippen LogP contribution in [-0.2, 0) is 11.2 Å². The smallest absolute Gasteiger partial charge is 0.203 e. The number of hydrogen-bond acceptors (Lipinski definition) is 4. The Balaban J connectivity index is 1.85. The lowest BCUT2D eigenvalue weighted by Gasteiger charge is -2.13. The van der Waals surface area contributed by atoms with Gasteiger partial charge in [-0.1, -0.05) is 31.2 Å². The zero-order chi connectivity index (χ0) is 16.4. The second-order valence-electron chi connectivity index (χ2n) is 5.53. The van der Waals surface area contributed by atoms with Gasteiger partial charge in [0.25, 0.3) is 0 Å². The van der Waals surface area contributed by atoms with Crippen LogP contribution in [0.25, 0.3) is 0 Å². The Morgan fingerprint density at radius 3 is 1.87 bits per heavy atom. The fourth-order valence-electron chi connectivity index (χ4n) is 2.83. The van der Waals surface area contributed by atoms with Crippen LogP contribution in [0.3, 0.4) is 0 Å². The molecule has 1 saturated heterocycles. The van der Waals surface area contributed by atoms with E-state index in [0.717, 1.165) is 12.0 Å². The van der Waals surface area contributed by atoms with Gasteiger partial charge in [0.2, 0.25) is 5.75 Å². The zero-order valence-electron chi connectivity index (χ0n) is 14.0. The largest absolute Gasteiger partial charge is 0.493 e. The first kappa shape index (κ1) is 15.7. The maximum absolute atomic E-state index is 5.88. The minimum atomic E-state index is 0.0242. The van der Waals surface area contributed by atoms with Crippen molar-refractivity contribution in [1.29, 1.82) is 0 Å². The van der Waals surface area contributed by atoms with E-state index in [9.17, 15) is 0 Å². The molecule has 2 aromatic rings. The molecule has 2 atom stereocenters. The van der Waals surface area contributed by atoms with Crippen molar-refractivity contribution < 1.29 is 18.9 Å². The summed E-state index contributed by atoms with van der Waals surface area (Å²) in [5, 5.41) is 0. The van der Waals surface area contributed by atoms with Crippen LogP contribution in [0.15, 0.2) is 36.4 Å². The van der Waals surface area contributed by atoms with Gasteiger partial charge in [-0.3, -0.25) is 0 Å². The molecule has 1 aliphatic heterocycles. The van der Waals surface area contributed by atoms with E-state index in [1.54, 1.807) is 21.3 Å². The van der Waals surface area contributed by atoms with Crippen molar-refractivity contribution in [2.45, 2.75) is 25.6 Å². The minimum absolute atomic E-state index is 0.0242. The molecule has 0 radical (unpaired) electrons. The highest BCUT2D eigenvalue weighted by atomic mass is 16.6. The highest BCUT2D eigenvalue weighted by Gasteiger charge is 2.42. The fraction of sp³-hybridized carbons (Fsp3) is 0.368. The van der Waals surface area contributed by atoms with Crippen molar-refractivity contribution >= 4 is 0 Å². The number of rotatable bonds is 6. The highest BCUT2D eigenvalue weighted by molar-refractivity contribution is 5.55. The molecule has 1 heterocycles. The molecule has 1 fully saturated rings. The normalized spacial score (nSPS) is 19.3. The first-order valence-electron chi connectivity index (χ1n) is 7.76. The van der Waals surface area contributed by atoms with Gasteiger partial charge in [-0.25, -0.2) is 0 Å². The molecule has 0 saturated carbocycles. The van der Waals surface area contributed by atoms with E-state index in [4.69, 9.17) is 18.9 Å². The summed E-state index contributed by atoms with van der Waals surface area (Å²) in [6, 6.07) is 12.5. The first-order chi connectivity index (χ1) is 11.2. The maximum Gasteiger partial charge on any atom is 0.203 e. The summed E-state index contributed by atoms with van der Waals surface area (Å²) in [7, 11) is 4.84. The number of ether oxygens (including phenoxy) is 4. The van der Waals surface area contributed by atoms with Crippen LogP contribution in [0.1, 0.15) is 35.8 Å². The third-order valence-corrected chi connectivity index (χ3v) is 4.22. The molecule has 3 rings (SSSR count). The summed E-state index contributed by atoms with van der Waals surface area (Å²) in [6.07, 6.45) is 1.15. The van der Waals surface area contributed by atoms with Crippen LogP contribution < -0.4 is 14.2 Å². The second kappa shape index (κ2) is 6.50. The van der Waals surface area contributed by atoms with Gasteiger partial charge >= 0.3 is 0 Å². The van der Waals surface area contributed by atoms with Gasteiger partial charge < -0.3 is 18.9 Å². The SMILES string of the molecule is CCc1ccc([C@@H]2O[C@@H]2c2cc(OC)c(OC)c(OC)c2)cc1. The molecule has 0 aromatic heterocycles. The number of benzene rings is 2. The average Bonchev–Trinajstić information content (AvgIpc) is 3.41. The third-order valence-electron chi connectivity index (χ3n) is 4.22. The van der Waals surface area contributed by atoms with Gasteiger partial charge in [0.1, 0.15) is 12.2 Å². The second-order valence-corrected chi connectivity index (χ2v) is 5.53. The lowest BCUT2D eigenvalue weighted by molar-refractivity contribution is 0.322. The first-order valence-corrected chi connectivity index (χ1v) is 7.76. The van der Waals surface area contributed by atoms with Crippen LogP contribution in [-0.4, -0.2) is 21.3 Å². The number of methoxy groups -OCH3 is 3. The molecule has 2 aromatic carbocycles. The molecule has 0 spiro atoms. The van der Waals surface area contributed by atoms with Gasteiger partial charge in [-0.2, -0.15) is 0 Å². The summed E-state index contributed by atoms with van der Waals surface area (Å²) < 4.78 is 22.1. The molecule has 4 heteroatoms. The molecular weight excluding hydrogens is 292 g/mol. The Morgan fingerprint density at radius 1 is 0.826 bits per heavy atom. The zero-order valence-corrected chi connectivity index (χ0v) is 14.0. The van der Waals surface area contributed by atoms with Gasteiger partial charge in [-0.15, -0.1) is 0 Å². The molecule has 0 bridgehead atoms. The Kier molecular flexibility index (Phi) is 4.44. The van der Waals surface area contributed by atoms with Crippen LogP contribution in [0.5, 0.6) is 17.2 Å². The van der Waals surface area contributed by atoms with Crippen molar-refractivity contribution in [3.63, 3.8) is 0 Å². The van der Waals surface area contributed by atoms with E-state index < -0.39 is 0 Å². The molecule has 0 amide bonds. The monoisotopic (exact) mass is 314 g/mol. The maximum atomic E-state index is 5.88. The molecule has 23 heavy (non-hydrogen) atoms. The molecular formula is C19H22O4. The topological polar surface area (TPSA) is 40.2 Å². The van der Waals surface area contributed by atoms with Crippen molar-refractivity contribution in [3.8, 4) is 17.2 Å². The number of hydrogen-bond donors (Lipinski definition) is 0. The number of epoxide rings is 1. The highest BCUT2D eigenvalue weighted by Crippen LogP contribution is 2.53. The lowest BCUT2D eigenvalue weighted by atomic mass is 10.0. The van der Waals surface area contributed by atoms with E-state index in [0.29, 0.717) is 17.2 Å². The molecule has 4 nitrogen and oxygen atoms in total. The van der Waals surface area contributed by atoms with Gasteiger partial charge in [0.15, 0.2) is 11.5 Å². The molecule has 122 valence electrons. The molecule has 0 unspecified atom stereocenters. The van der Waals surface area contributed by atoms with Crippen LogP contribution in [0, 0.1) is 0 Å². The average molecular weight is 314 g/mol. The Bertz CT molecular complexity index is 653. The van der Waals surface area contributed by atoms with Crippen molar-refractivity contribution in [3.05, 3.63) is 53.1 Å². The molecule has 1 aliphatic rings. The fourth-order valence-corrected chi connectivity index (χ4v) is 2.83. The van der Waals surface area contributed by atoms with E-state index in [-0.39, 0.29) is 12.2 Å². The summed E-state index contributed by atoms with van der Waals surface area (Å²) in [5.74, 6) is 1.90. The Morgan fingerprint density at radius 2 is 1.39 bits per heavy atom. The van der Waals surface area contributed by atoms with E-state index in [1.807, 2.05) is 12.1 Å². The van der Waals surface area contributed by atoms with Gasteiger partial charge in [0, 0.05) is 0 Å².